The number of likely N-dealkylation sites (tertiary alicyclic amines) is 1. The third kappa shape index (κ3) is 0.883. The van der Waals surface area contributed by atoms with Crippen molar-refractivity contribution < 1.29 is 9.18 Å². The van der Waals surface area contributed by atoms with Gasteiger partial charge < -0.3 is 4.90 Å². The van der Waals surface area contributed by atoms with Crippen molar-refractivity contribution in [3.63, 3.8) is 0 Å². The Morgan fingerprint density at radius 2 is 2.33 bits per heavy atom. The molecule has 2 nitrogen and oxygen atoms in total. The zero-order chi connectivity index (χ0) is 8.22. The number of amides is 1. The van der Waals surface area contributed by atoms with E-state index < -0.39 is 5.67 Å². The Bertz CT molecular complexity index is 215. The van der Waals surface area contributed by atoms with Gasteiger partial charge >= 0.3 is 0 Å². The van der Waals surface area contributed by atoms with E-state index in [0.717, 1.165) is 6.54 Å². The van der Waals surface area contributed by atoms with Crippen LogP contribution < -0.4 is 0 Å². The zero-order valence-corrected chi connectivity index (χ0v) is 6.80. The van der Waals surface area contributed by atoms with Gasteiger partial charge in [-0.15, -0.1) is 0 Å². The average Bonchev–Trinajstić information content (AvgIpc) is 2.34. The van der Waals surface area contributed by atoms with Gasteiger partial charge in [0.1, 0.15) is 5.67 Å². The van der Waals surface area contributed by atoms with Crippen LogP contribution >= 0.6 is 0 Å². The highest BCUT2D eigenvalue weighted by atomic mass is 19.1. The van der Waals surface area contributed by atoms with Crippen molar-refractivity contribution in [3.8, 4) is 0 Å². The van der Waals surface area contributed by atoms with Crippen LogP contribution in [0.4, 0.5) is 4.39 Å². The van der Waals surface area contributed by atoms with Crippen molar-refractivity contribution in [3.05, 3.63) is 0 Å². The highest BCUT2D eigenvalue weighted by Crippen LogP contribution is 2.58. The lowest BCUT2D eigenvalue weighted by Crippen LogP contribution is -2.32. The zero-order valence-electron chi connectivity index (χ0n) is 6.80. The first-order chi connectivity index (χ1) is 5.09. The van der Waals surface area contributed by atoms with Crippen LogP contribution in [-0.4, -0.2) is 29.6 Å². The lowest BCUT2D eigenvalue weighted by atomic mass is 10.2. The van der Waals surface area contributed by atoms with E-state index in [9.17, 15) is 9.18 Å². The van der Waals surface area contributed by atoms with Crippen molar-refractivity contribution >= 4 is 5.91 Å². The molecule has 3 unspecified atom stereocenters. The maximum Gasteiger partial charge on any atom is 0.229 e. The summed E-state index contributed by atoms with van der Waals surface area (Å²) >= 11 is 0. The molecule has 3 heteroatoms. The molecule has 1 heterocycles. The molecule has 0 bridgehead atoms. The highest BCUT2D eigenvalue weighted by molar-refractivity contribution is 5.87. The smallest absolute Gasteiger partial charge is 0.229 e. The van der Waals surface area contributed by atoms with E-state index in [2.05, 4.69) is 0 Å². The molecule has 1 saturated carbocycles. The van der Waals surface area contributed by atoms with Crippen molar-refractivity contribution in [2.45, 2.75) is 26.9 Å². The molecule has 2 aliphatic rings. The first-order valence-corrected chi connectivity index (χ1v) is 4.06. The normalized spacial score (nSPS) is 43.9. The predicted octanol–water partition coefficient (Wildman–Crippen LogP) is 1.46. The molecular weight excluding hydrogens is 157 g/mol. The summed E-state index contributed by atoms with van der Waals surface area (Å²) in [6, 6.07) is 0. The molecule has 0 aromatic carbocycles. The van der Waals surface area contributed by atoms with Gasteiger partial charge in [0.2, 0.25) is 5.91 Å². The standard InChI is InChI=1S/C8H12FNO.CH4/c1-3-10-4-5-6(7(10)11)8(5,2)9;/h5-6H,3-4H2,1-2H3;1H4. The highest BCUT2D eigenvalue weighted by Gasteiger charge is 2.71. The van der Waals surface area contributed by atoms with E-state index in [1.807, 2.05) is 6.92 Å². The molecule has 12 heavy (non-hydrogen) atoms. The Morgan fingerprint density at radius 1 is 1.75 bits per heavy atom. The average molecular weight is 173 g/mol. The molecule has 1 aliphatic heterocycles. The van der Waals surface area contributed by atoms with Crippen LogP contribution in [0.5, 0.6) is 0 Å². The first kappa shape index (κ1) is 9.49. The van der Waals surface area contributed by atoms with Gasteiger partial charge in [-0.2, -0.15) is 0 Å². The van der Waals surface area contributed by atoms with Gasteiger partial charge in [0.05, 0.1) is 5.92 Å². The quantitative estimate of drug-likeness (QED) is 0.588. The summed E-state index contributed by atoms with van der Waals surface area (Å²) in [6.07, 6.45) is 0. The summed E-state index contributed by atoms with van der Waals surface area (Å²) in [5.41, 5.74) is -1.18. The maximum atomic E-state index is 13.2. The Hall–Kier alpha value is -0.600. The topological polar surface area (TPSA) is 20.3 Å². The number of nitrogens with zero attached hydrogens (tertiary/aromatic N) is 1. The number of carbonyl (C=O) groups excluding carboxylic acids is 1. The minimum Gasteiger partial charge on any atom is -0.342 e. The summed E-state index contributed by atoms with van der Waals surface area (Å²) in [4.78, 5) is 13.0. The molecule has 2 fully saturated rings. The molecule has 1 amide bonds. The van der Waals surface area contributed by atoms with Gasteiger partial charge in [-0.3, -0.25) is 4.79 Å². The van der Waals surface area contributed by atoms with Crippen LogP contribution in [0.25, 0.3) is 0 Å². The van der Waals surface area contributed by atoms with Gasteiger partial charge in [0, 0.05) is 19.0 Å². The lowest BCUT2D eigenvalue weighted by molar-refractivity contribution is -0.131. The fraction of sp³-hybridized carbons (Fsp3) is 0.889. The molecule has 0 spiro atoms. The lowest BCUT2D eigenvalue weighted by Gasteiger charge is -2.18. The summed E-state index contributed by atoms with van der Waals surface area (Å²) in [6.45, 7) is 4.82. The van der Waals surface area contributed by atoms with Crippen LogP contribution in [0.1, 0.15) is 21.3 Å². The fourth-order valence-corrected chi connectivity index (χ4v) is 2.07. The second kappa shape index (κ2) is 2.44. The van der Waals surface area contributed by atoms with Gasteiger partial charge in [-0.25, -0.2) is 4.39 Å². The molecule has 1 aliphatic carbocycles. The van der Waals surface area contributed by atoms with E-state index in [-0.39, 0.29) is 25.2 Å². The van der Waals surface area contributed by atoms with Crippen LogP contribution in [-0.2, 0) is 4.79 Å². The molecule has 0 aromatic heterocycles. The number of hydrogen-bond acceptors (Lipinski definition) is 1. The minimum absolute atomic E-state index is 0. The van der Waals surface area contributed by atoms with Gasteiger partial charge in [-0.1, -0.05) is 7.43 Å². The molecule has 0 N–H and O–H groups in total. The Balaban J connectivity index is 0.000000720. The number of carbonyl (C=O) groups is 1. The SMILES string of the molecule is C.CCN1CC2C(C1=O)C2(C)F. The maximum absolute atomic E-state index is 13.2. The van der Waals surface area contributed by atoms with E-state index in [0.29, 0.717) is 6.54 Å². The number of hydrogen-bond donors (Lipinski definition) is 0. The Morgan fingerprint density at radius 3 is 2.67 bits per heavy atom. The largest absolute Gasteiger partial charge is 0.342 e. The van der Waals surface area contributed by atoms with Gasteiger partial charge in [0.25, 0.3) is 0 Å². The van der Waals surface area contributed by atoms with E-state index in [1.165, 1.54) is 6.92 Å². The molecule has 3 atom stereocenters. The third-order valence-electron chi connectivity index (χ3n) is 3.00. The van der Waals surface area contributed by atoms with Crippen LogP contribution in [0, 0.1) is 11.8 Å². The van der Waals surface area contributed by atoms with E-state index >= 15 is 0 Å². The fourth-order valence-electron chi connectivity index (χ4n) is 2.07. The van der Waals surface area contributed by atoms with Crippen molar-refractivity contribution in [2.24, 2.45) is 11.8 Å². The summed E-state index contributed by atoms with van der Waals surface area (Å²) in [5.74, 6) is -0.292. The van der Waals surface area contributed by atoms with Crippen LogP contribution in [0.15, 0.2) is 0 Å². The van der Waals surface area contributed by atoms with Crippen LogP contribution in [0.2, 0.25) is 0 Å². The molecule has 70 valence electrons. The van der Waals surface area contributed by atoms with Crippen LogP contribution in [0.3, 0.4) is 0 Å². The van der Waals surface area contributed by atoms with Gasteiger partial charge in [0.15, 0.2) is 0 Å². The molecule has 0 aromatic rings. The third-order valence-corrected chi connectivity index (χ3v) is 3.00. The molecule has 2 rings (SSSR count). The number of fused-ring (bicyclic) bond motifs is 1. The minimum atomic E-state index is -1.18. The van der Waals surface area contributed by atoms with Crippen molar-refractivity contribution in [1.82, 2.24) is 4.90 Å². The predicted molar refractivity (Wildman–Crippen MR) is 45.5 cm³/mol. The number of rotatable bonds is 1. The van der Waals surface area contributed by atoms with Crippen molar-refractivity contribution in [1.29, 1.82) is 0 Å². The summed E-state index contributed by atoms with van der Waals surface area (Å²) in [5, 5.41) is 0. The number of halogens is 1. The monoisotopic (exact) mass is 173 g/mol. The second-order valence-corrected chi connectivity index (χ2v) is 3.61. The number of piperidine rings is 1. The molecule has 0 radical (unpaired) electrons. The van der Waals surface area contributed by atoms with E-state index in [4.69, 9.17) is 0 Å². The van der Waals surface area contributed by atoms with Crippen molar-refractivity contribution in [2.75, 3.05) is 13.1 Å². The number of alkyl halides is 1. The Labute approximate surface area is 72.7 Å². The molecular formula is C9H16FNO. The summed E-state index contributed by atoms with van der Waals surface area (Å²) < 4.78 is 13.2. The first-order valence-electron chi connectivity index (χ1n) is 4.06. The van der Waals surface area contributed by atoms with Gasteiger partial charge in [-0.05, 0) is 13.8 Å². The van der Waals surface area contributed by atoms with E-state index in [1.54, 1.807) is 4.90 Å². The molecule has 1 saturated heterocycles. The Kier molecular flexibility index (Phi) is 1.93. The summed E-state index contributed by atoms with van der Waals surface area (Å²) in [7, 11) is 0. The second-order valence-electron chi connectivity index (χ2n) is 3.61.